The van der Waals surface area contributed by atoms with Crippen molar-refractivity contribution in [2.45, 2.75) is 99.3 Å². The molecule has 0 bridgehead atoms. The fourth-order valence-corrected chi connectivity index (χ4v) is 7.70. The number of aliphatic carboxylic acids is 1. The first-order valence-electron chi connectivity index (χ1n) is 29.3. The highest BCUT2D eigenvalue weighted by Gasteiger charge is 2.22. The zero-order valence-corrected chi connectivity index (χ0v) is 51.7. The minimum atomic E-state index is -0.968. The fourth-order valence-electron chi connectivity index (χ4n) is 7.70. The van der Waals surface area contributed by atoms with Gasteiger partial charge >= 0.3 is 23.9 Å². The number of rotatable bonds is 29. The first-order chi connectivity index (χ1) is 43.1. The normalized spacial score (nSPS) is 11.4. The molecule has 4 N–H and O–H groups in total. The molecule has 0 aliphatic rings. The molecular formula is C71H84O18. The number of benzene rings is 7. The summed E-state index contributed by atoms with van der Waals surface area (Å²) in [6, 6.07) is 54.3. The van der Waals surface area contributed by atoms with E-state index in [2.05, 4.69) is 0 Å². The van der Waals surface area contributed by atoms with Crippen molar-refractivity contribution >= 4 is 36.2 Å². The average Bonchev–Trinajstić information content (AvgIpc) is 3.66. The summed E-state index contributed by atoms with van der Waals surface area (Å²) in [4.78, 5) is 56.3. The average molecular weight is 1230 g/mol. The van der Waals surface area contributed by atoms with Crippen LogP contribution in [0.15, 0.2) is 188 Å². The molecule has 18 heteroatoms. The van der Waals surface area contributed by atoms with Crippen LogP contribution in [0, 0.1) is 0 Å². The number of phenols is 3. The van der Waals surface area contributed by atoms with Crippen LogP contribution in [-0.4, -0.2) is 115 Å². The third-order valence-corrected chi connectivity index (χ3v) is 12.0. The van der Waals surface area contributed by atoms with E-state index in [1.165, 1.54) is 12.1 Å². The van der Waals surface area contributed by atoms with Crippen LogP contribution in [0.3, 0.4) is 0 Å². The smallest absolute Gasteiger partial charge is 0.373 e. The third kappa shape index (κ3) is 31.1. The van der Waals surface area contributed by atoms with Gasteiger partial charge in [-0.1, -0.05) is 109 Å². The van der Waals surface area contributed by atoms with Gasteiger partial charge in [0.15, 0.2) is 18.3 Å². The van der Waals surface area contributed by atoms with Gasteiger partial charge in [0.25, 0.3) is 0 Å². The maximum atomic E-state index is 11.8. The molecule has 476 valence electrons. The lowest BCUT2D eigenvalue weighted by Crippen LogP contribution is -2.28. The number of aldehydes is 1. The van der Waals surface area contributed by atoms with E-state index in [1.807, 2.05) is 106 Å². The van der Waals surface area contributed by atoms with Crippen molar-refractivity contribution in [3.05, 3.63) is 227 Å². The van der Waals surface area contributed by atoms with Crippen molar-refractivity contribution in [1.29, 1.82) is 0 Å². The number of carboxylic acids is 1. The largest absolute Gasteiger partial charge is 0.508 e. The molecule has 0 unspecified atom stereocenters. The number of ether oxygens (including phenoxy) is 9. The number of hydrogen-bond acceptors (Lipinski definition) is 17. The van der Waals surface area contributed by atoms with Crippen LogP contribution >= 0.6 is 0 Å². The Labute approximate surface area is 522 Å². The Hall–Kier alpha value is -9.49. The van der Waals surface area contributed by atoms with Crippen LogP contribution in [0.5, 0.6) is 28.7 Å². The second kappa shape index (κ2) is 44.0. The highest BCUT2D eigenvalue weighted by atomic mass is 16.6. The molecule has 7 aromatic carbocycles. The molecule has 0 aromatic heterocycles. The Bertz CT molecular complexity index is 3010. The molecule has 7 aromatic rings. The first-order valence-corrected chi connectivity index (χ1v) is 29.3. The molecule has 7 rings (SSSR count). The SMILES string of the molecule is CCOC(=O)C(=Cc1ccc(OCc2ccccc2)cc1)OCC.CCOC(=O)[C@@H](Cc1ccc(O)cc1)OCC.CCOC(=O)[C@@H](Cc1ccc(O)cc1)OCC.CCO[C@@H](Cc1ccc(O)cc1)C(=O)O.O=Cc1ccc(OCc2ccccc2)cc1. The van der Waals surface area contributed by atoms with Crippen LogP contribution < -0.4 is 9.47 Å². The molecule has 89 heavy (non-hydrogen) atoms. The van der Waals surface area contributed by atoms with E-state index in [4.69, 9.17) is 63.1 Å². The number of carboxylic acid groups (broad SMARTS) is 1. The van der Waals surface area contributed by atoms with Gasteiger partial charge in [-0.05, 0) is 161 Å². The van der Waals surface area contributed by atoms with Gasteiger partial charge in [-0.15, -0.1) is 0 Å². The summed E-state index contributed by atoms with van der Waals surface area (Å²) < 4.78 is 47.3. The number of phenolic OH excluding ortho intramolecular Hbond substituents is 3. The maximum absolute atomic E-state index is 11.8. The molecule has 0 aliphatic heterocycles. The standard InChI is InChI=1S/C20H22O4.C14H12O2.2C13H18O4.C11H14O4/c1-3-22-19(20(21)23-4-2)14-16-10-12-18(13-11-16)24-15-17-8-6-5-7-9-17;15-10-12-6-8-14(9-7-12)16-11-13-4-2-1-3-5-13;2*1-3-16-12(13(15)17-4-2)9-10-5-7-11(14)8-6-10;1-2-15-10(11(13)14)7-8-3-5-9(12)6-4-8/h5-14H,3-4,15H2,1-2H3;1-10H,11H2;2*5-8,12,14H,3-4,9H2,1-2H3;3-6,10,12H,2,7H2,1H3,(H,13,14)/t;;2*12-;10-/m..110/s1. The Morgan fingerprint density at radius 1 is 0.382 bits per heavy atom. The van der Waals surface area contributed by atoms with Crippen molar-refractivity contribution in [2.75, 3.05) is 46.2 Å². The van der Waals surface area contributed by atoms with Gasteiger partial charge in [-0.2, -0.15) is 0 Å². The lowest BCUT2D eigenvalue weighted by Gasteiger charge is -2.15. The Balaban J connectivity index is 0.000000294. The molecule has 3 atom stereocenters. The highest BCUT2D eigenvalue weighted by molar-refractivity contribution is 5.91. The maximum Gasteiger partial charge on any atom is 0.373 e. The van der Waals surface area contributed by atoms with Crippen molar-refractivity contribution < 1.29 is 87.0 Å². The molecule has 0 radical (unpaired) electrons. The van der Waals surface area contributed by atoms with E-state index in [0.717, 1.165) is 51.2 Å². The van der Waals surface area contributed by atoms with Gasteiger partial charge < -0.3 is 63.1 Å². The zero-order chi connectivity index (χ0) is 65.0. The summed E-state index contributed by atoms with van der Waals surface area (Å²) in [6.07, 6.45) is 1.72. The summed E-state index contributed by atoms with van der Waals surface area (Å²) >= 11 is 0. The molecule has 0 heterocycles. The molecule has 0 aliphatic carbocycles. The molecule has 0 saturated carbocycles. The van der Waals surface area contributed by atoms with Crippen LogP contribution in [0.4, 0.5) is 0 Å². The summed E-state index contributed by atoms with van der Waals surface area (Å²) in [5.41, 5.74) is 6.42. The Kier molecular flexibility index (Phi) is 36.5. The summed E-state index contributed by atoms with van der Waals surface area (Å²) in [6.45, 7) is 16.3. The number of carbonyl (C=O) groups excluding carboxylic acids is 4. The molecule has 0 amide bonds. The van der Waals surface area contributed by atoms with Gasteiger partial charge in [0.05, 0.1) is 26.4 Å². The van der Waals surface area contributed by atoms with Crippen LogP contribution in [0.1, 0.15) is 92.2 Å². The Morgan fingerprint density at radius 2 is 0.719 bits per heavy atom. The predicted octanol–water partition coefficient (Wildman–Crippen LogP) is 12.5. The summed E-state index contributed by atoms with van der Waals surface area (Å²) in [5.74, 6) is 0.216. The van der Waals surface area contributed by atoms with E-state index in [1.54, 1.807) is 119 Å². The van der Waals surface area contributed by atoms with Crippen molar-refractivity contribution in [3.8, 4) is 28.7 Å². The minimum Gasteiger partial charge on any atom is -0.508 e. The van der Waals surface area contributed by atoms with Gasteiger partial charge in [0.1, 0.15) is 48.2 Å². The number of hydrogen-bond donors (Lipinski definition) is 4. The van der Waals surface area contributed by atoms with Crippen molar-refractivity contribution in [2.24, 2.45) is 0 Å². The van der Waals surface area contributed by atoms with Gasteiger partial charge in [0.2, 0.25) is 5.76 Å². The lowest BCUT2D eigenvalue weighted by molar-refractivity contribution is -0.157. The van der Waals surface area contributed by atoms with E-state index < -0.39 is 30.3 Å². The second-order valence-corrected chi connectivity index (χ2v) is 18.8. The van der Waals surface area contributed by atoms with Crippen LogP contribution in [0.2, 0.25) is 0 Å². The van der Waals surface area contributed by atoms with E-state index in [-0.39, 0.29) is 34.9 Å². The molecule has 0 spiro atoms. The Morgan fingerprint density at radius 3 is 1.04 bits per heavy atom. The molecular weight excluding hydrogens is 1140 g/mol. The monoisotopic (exact) mass is 1220 g/mol. The quantitative estimate of drug-likeness (QED) is 0.0112. The second-order valence-electron chi connectivity index (χ2n) is 18.8. The molecule has 0 saturated heterocycles. The van der Waals surface area contributed by atoms with Gasteiger partial charge in [-0.25, -0.2) is 19.2 Å². The highest BCUT2D eigenvalue weighted by Crippen LogP contribution is 2.20. The number of aromatic hydroxyl groups is 3. The van der Waals surface area contributed by atoms with E-state index in [0.29, 0.717) is 84.3 Å². The first kappa shape index (κ1) is 73.8. The summed E-state index contributed by atoms with van der Waals surface area (Å²) in [7, 11) is 0. The molecule has 0 fully saturated rings. The van der Waals surface area contributed by atoms with E-state index in [9.17, 15) is 24.0 Å². The van der Waals surface area contributed by atoms with Gasteiger partial charge in [0, 0.05) is 44.6 Å². The number of carbonyl (C=O) groups is 5. The van der Waals surface area contributed by atoms with Crippen LogP contribution in [-0.2, 0) is 84.8 Å². The molecule has 18 nitrogen and oxygen atoms in total. The van der Waals surface area contributed by atoms with E-state index >= 15 is 0 Å². The van der Waals surface area contributed by atoms with Gasteiger partial charge in [-0.3, -0.25) is 4.79 Å². The fraction of sp³-hybridized carbons (Fsp3) is 0.310. The zero-order valence-electron chi connectivity index (χ0n) is 51.7. The topological polar surface area (TPSA) is 249 Å². The van der Waals surface area contributed by atoms with Crippen molar-refractivity contribution in [3.63, 3.8) is 0 Å². The third-order valence-electron chi connectivity index (χ3n) is 12.0. The minimum absolute atomic E-state index is 0.169. The van der Waals surface area contributed by atoms with Crippen LogP contribution in [0.25, 0.3) is 6.08 Å². The predicted molar refractivity (Wildman–Crippen MR) is 339 cm³/mol. The lowest BCUT2D eigenvalue weighted by atomic mass is 10.1. The van der Waals surface area contributed by atoms with Crippen molar-refractivity contribution in [1.82, 2.24) is 0 Å². The summed E-state index contributed by atoms with van der Waals surface area (Å²) in [5, 5.41) is 36.2. The number of esters is 3.